The fourth-order valence-electron chi connectivity index (χ4n) is 7.27. The van der Waals surface area contributed by atoms with Crippen molar-refractivity contribution in [2.45, 2.75) is 0 Å². The van der Waals surface area contributed by atoms with Gasteiger partial charge in [0.1, 0.15) is 0 Å². The van der Waals surface area contributed by atoms with E-state index in [1.165, 1.54) is 52.8 Å². The van der Waals surface area contributed by atoms with Crippen LogP contribution >= 0.6 is 11.3 Å². The number of fused-ring (bicyclic) bond motifs is 8. The minimum atomic E-state index is 0.656. The van der Waals surface area contributed by atoms with E-state index in [1.807, 2.05) is 23.5 Å². The topological polar surface area (TPSA) is 30.7 Å². The van der Waals surface area contributed by atoms with E-state index in [0.29, 0.717) is 5.95 Å². The summed E-state index contributed by atoms with van der Waals surface area (Å²) in [5.41, 5.74) is 8.47. The lowest BCUT2D eigenvalue weighted by atomic mass is 9.98. The molecule has 0 spiro atoms. The minimum absolute atomic E-state index is 0.656. The molecular formula is C44H27N3S. The van der Waals surface area contributed by atoms with Gasteiger partial charge in [0.15, 0.2) is 0 Å². The van der Waals surface area contributed by atoms with Gasteiger partial charge in [-0.05, 0) is 29.0 Å². The van der Waals surface area contributed by atoms with Gasteiger partial charge in [-0.15, -0.1) is 11.3 Å². The summed E-state index contributed by atoms with van der Waals surface area (Å²) < 4.78 is 4.87. The van der Waals surface area contributed by atoms with E-state index in [9.17, 15) is 0 Å². The van der Waals surface area contributed by atoms with Crippen LogP contribution in [0.15, 0.2) is 164 Å². The van der Waals surface area contributed by atoms with Crippen molar-refractivity contribution in [3.63, 3.8) is 0 Å². The van der Waals surface area contributed by atoms with Crippen LogP contribution in [-0.2, 0) is 0 Å². The van der Waals surface area contributed by atoms with Gasteiger partial charge in [0.05, 0.1) is 22.4 Å². The molecule has 0 aliphatic rings. The molecule has 0 fully saturated rings. The molecule has 0 aliphatic carbocycles. The molecule has 3 heterocycles. The highest BCUT2D eigenvalue weighted by Gasteiger charge is 2.21. The van der Waals surface area contributed by atoms with Crippen molar-refractivity contribution in [1.29, 1.82) is 0 Å². The molecule has 0 saturated heterocycles. The second-order valence-electron chi connectivity index (χ2n) is 12.2. The molecule has 48 heavy (non-hydrogen) atoms. The number of aromatic nitrogens is 3. The number of para-hydroxylation sites is 2. The Kier molecular flexibility index (Phi) is 6.05. The van der Waals surface area contributed by atoms with Crippen molar-refractivity contribution >= 4 is 64.1 Å². The van der Waals surface area contributed by atoms with Crippen LogP contribution in [0, 0.1) is 0 Å². The lowest BCUT2D eigenvalue weighted by Crippen LogP contribution is -2.04. The van der Waals surface area contributed by atoms with Crippen molar-refractivity contribution in [1.82, 2.24) is 14.5 Å². The zero-order chi connectivity index (χ0) is 31.6. The Morgan fingerprint density at radius 3 is 1.81 bits per heavy atom. The molecule has 3 aromatic heterocycles. The van der Waals surface area contributed by atoms with Gasteiger partial charge in [0.25, 0.3) is 0 Å². The number of thiophene rings is 1. The molecule has 0 saturated carbocycles. The number of hydrogen-bond donors (Lipinski definition) is 0. The fraction of sp³-hybridized carbons (Fsp3) is 0. The van der Waals surface area contributed by atoms with Crippen molar-refractivity contribution in [2.75, 3.05) is 0 Å². The molecule has 3 nitrogen and oxygen atoms in total. The van der Waals surface area contributed by atoms with Crippen LogP contribution in [0.5, 0.6) is 0 Å². The molecule has 0 atom stereocenters. The summed E-state index contributed by atoms with van der Waals surface area (Å²) >= 11 is 1.87. The second-order valence-corrected chi connectivity index (χ2v) is 13.2. The quantitative estimate of drug-likeness (QED) is 0.194. The predicted octanol–water partition coefficient (Wildman–Crippen LogP) is 12.1. The van der Waals surface area contributed by atoms with Crippen LogP contribution in [0.3, 0.4) is 0 Å². The third-order valence-corrected chi connectivity index (χ3v) is 10.6. The monoisotopic (exact) mass is 629 g/mol. The fourth-order valence-corrected chi connectivity index (χ4v) is 8.52. The molecule has 0 bridgehead atoms. The van der Waals surface area contributed by atoms with Crippen LogP contribution < -0.4 is 0 Å². The Bertz CT molecular complexity index is 2770. The molecule has 0 unspecified atom stereocenters. The van der Waals surface area contributed by atoms with Gasteiger partial charge in [-0.1, -0.05) is 146 Å². The Labute approximate surface area is 281 Å². The number of nitrogens with zero attached hydrogens (tertiary/aromatic N) is 3. The molecule has 224 valence electrons. The number of hydrogen-bond acceptors (Lipinski definition) is 3. The summed E-state index contributed by atoms with van der Waals surface area (Å²) in [5.74, 6) is 0.656. The molecule has 10 rings (SSSR count). The highest BCUT2D eigenvalue weighted by atomic mass is 32.1. The van der Waals surface area contributed by atoms with Gasteiger partial charge in [0.2, 0.25) is 5.95 Å². The first-order valence-corrected chi connectivity index (χ1v) is 17.0. The van der Waals surface area contributed by atoms with Crippen LogP contribution in [0.1, 0.15) is 0 Å². The van der Waals surface area contributed by atoms with Crippen molar-refractivity contribution < 1.29 is 0 Å². The van der Waals surface area contributed by atoms with E-state index in [4.69, 9.17) is 9.97 Å². The number of rotatable bonds is 4. The number of benzene rings is 7. The highest BCUT2D eigenvalue weighted by molar-refractivity contribution is 7.26. The lowest BCUT2D eigenvalue weighted by molar-refractivity contribution is 0.996. The predicted molar refractivity (Wildman–Crippen MR) is 203 cm³/mol. The SMILES string of the molecule is c1ccc(-c2cc(-c3ccccc3)nc(-n3c4ccccc4c4cccc(-c5cccc6c5sc5ccc7ccccc7c56)c43)n2)cc1. The van der Waals surface area contributed by atoms with Crippen LogP contribution in [0.25, 0.3) is 92.3 Å². The van der Waals surface area contributed by atoms with E-state index in [0.717, 1.165) is 33.5 Å². The maximum absolute atomic E-state index is 5.29. The first-order valence-electron chi connectivity index (χ1n) is 16.2. The van der Waals surface area contributed by atoms with Crippen LogP contribution in [-0.4, -0.2) is 14.5 Å². The normalized spacial score (nSPS) is 11.8. The zero-order valence-electron chi connectivity index (χ0n) is 25.8. The van der Waals surface area contributed by atoms with Crippen molar-refractivity contribution in [3.05, 3.63) is 164 Å². The van der Waals surface area contributed by atoms with Gasteiger partial charge in [-0.25, -0.2) is 9.97 Å². The summed E-state index contributed by atoms with van der Waals surface area (Å²) in [7, 11) is 0. The Balaban J connectivity index is 1.31. The summed E-state index contributed by atoms with van der Waals surface area (Å²) in [4.78, 5) is 10.6. The van der Waals surface area contributed by atoms with E-state index in [2.05, 4.69) is 156 Å². The van der Waals surface area contributed by atoms with Gasteiger partial charge < -0.3 is 0 Å². The van der Waals surface area contributed by atoms with Crippen LogP contribution in [0.2, 0.25) is 0 Å². The third-order valence-electron chi connectivity index (χ3n) is 9.43. The van der Waals surface area contributed by atoms with Crippen molar-refractivity contribution in [3.8, 4) is 39.6 Å². The Morgan fingerprint density at radius 1 is 0.458 bits per heavy atom. The Morgan fingerprint density at radius 2 is 1.06 bits per heavy atom. The second kappa shape index (κ2) is 10.7. The summed E-state index contributed by atoms with van der Waals surface area (Å²) in [6.07, 6.45) is 0. The minimum Gasteiger partial charge on any atom is -0.277 e. The first-order chi connectivity index (χ1) is 23.8. The van der Waals surface area contributed by atoms with Gasteiger partial charge >= 0.3 is 0 Å². The zero-order valence-corrected chi connectivity index (χ0v) is 26.7. The summed E-state index contributed by atoms with van der Waals surface area (Å²) in [6.45, 7) is 0. The molecule has 10 aromatic rings. The van der Waals surface area contributed by atoms with E-state index in [1.54, 1.807) is 0 Å². The molecule has 4 heteroatoms. The van der Waals surface area contributed by atoms with E-state index < -0.39 is 0 Å². The maximum Gasteiger partial charge on any atom is 0.235 e. The molecule has 0 radical (unpaired) electrons. The first kappa shape index (κ1) is 27.1. The maximum atomic E-state index is 5.29. The standard InChI is InChI=1S/C44H27N3S/c1-3-14-29(15-4-1)37-27-38(30-16-5-2-6-17-30)46-44(45-37)47-39-24-10-9-19-32(39)33-20-11-21-34(42(33)47)35-22-12-23-36-41-31-18-8-7-13-28(31)25-26-40(41)48-43(35)36/h1-27H. The van der Waals surface area contributed by atoms with E-state index >= 15 is 0 Å². The summed E-state index contributed by atoms with van der Waals surface area (Å²) in [6, 6.07) is 58.2. The molecular weight excluding hydrogens is 603 g/mol. The third kappa shape index (κ3) is 4.13. The van der Waals surface area contributed by atoms with Crippen molar-refractivity contribution in [2.24, 2.45) is 0 Å². The van der Waals surface area contributed by atoms with Crippen LogP contribution in [0.4, 0.5) is 0 Å². The van der Waals surface area contributed by atoms with Gasteiger partial charge in [0, 0.05) is 53.2 Å². The Hall–Kier alpha value is -6.10. The van der Waals surface area contributed by atoms with Gasteiger partial charge in [-0.2, -0.15) is 0 Å². The molecule has 0 N–H and O–H groups in total. The molecule has 7 aromatic carbocycles. The molecule has 0 amide bonds. The molecule has 0 aliphatic heterocycles. The average Bonchev–Trinajstić information content (AvgIpc) is 3.72. The van der Waals surface area contributed by atoms with E-state index in [-0.39, 0.29) is 0 Å². The lowest BCUT2D eigenvalue weighted by Gasteiger charge is -2.14. The summed E-state index contributed by atoms with van der Waals surface area (Å²) in [5, 5.41) is 7.54. The smallest absolute Gasteiger partial charge is 0.235 e. The average molecular weight is 630 g/mol. The highest BCUT2D eigenvalue weighted by Crippen LogP contribution is 2.45. The largest absolute Gasteiger partial charge is 0.277 e. The van der Waals surface area contributed by atoms with Gasteiger partial charge in [-0.3, -0.25) is 4.57 Å².